The van der Waals surface area contributed by atoms with Crippen molar-refractivity contribution in [2.24, 2.45) is 0 Å². The molecule has 2 amide bonds. The van der Waals surface area contributed by atoms with E-state index < -0.39 is 29.6 Å². The van der Waals surface area contributed by atoms with Crippen LogP contribution in [0.15, 0.2) is 36.4 Å². The molecule has 0 spiro atoms. The summed E-state index contributed by atoms with van der Waals surface area (Å²) in [7, 11) is 0. The highest BCUT2D eigenvalue weighted by Crippen LogP contribution is 2.30. The largest absolute Gasteiger partial charge is 0.345 e. The molecule has 1 aliphatic heterocycles. The molecule has 0 saturated heterocycles. The summed E-state index contributed by atoms with van der Waals surface area (Å²) in [6, 6.07) is 6.44. The van der Waals surface area contributed by atoms with Gasteiger partial charge in [-0.2, -0.15) is 0 Å². The number of benzene rings is 2. The standard InChI is InChI=1S/C23H20F2N2O4/c1-12(17-6-3-15(24)9-19(17)25)26-22(30)13-2-5-18-14(8-13)11-27(23(18)31)20-7-4-16(28)10-21(20)29/h2-3,5-6,8-9,12,20H,4,7,10-11H2,1H3,(H,26,30)/t12-,20?/m0/s1. The predicted molar refractivity (Wildman–Crippen MR) is 106 cm³/mol. The molecule has 2 aromatic rings. The van der Waals surface area contributed by atoms with Crippen molar-refractivity contribution >= 4 is 23.4 Å². The van der Waals surface area contributed by atoms with E-state index in [2.05, 4.69) is 5.32 Å². The van der Waals surface area contributed by atoms with E-state index in [-0.39, 0.29) is 48.0 Å². The molecule has 1 fully saturated rings. The SMILES string of the molecule is C[C@H](NC(=O)c1ccc2c(c1)CN(C1CCC(=O)CC1=O)C2=O)c1ccc(F)cc1F. The van der Waals surface area contributed by atoms with Crippen LogP contribution in [0.5, 0.6) is 0 Å². The van der Waals surface area contributed by atoms with Gasteiger partial charge >= 0.3 is 0 Å². The zero-order chi connectivity index (χ0) is 22.3. The molecule has 4 rings (SSSR count). The van der Waals surface area contributed by atoms with Crippen LogP contribution in [-0.4, -0.2) is 34.3 Å². The summed E-state index contributed by atoms with van der Waals surface area (Å²) in [5, 5.41) is 2.67. The summed E-state index contributed by atoms with van der Waals surface area (Å²) < 4.78 is 27.1. The van der Waals surface area contributed by atoms with Gasteiger partial charge in [0.05, 0.1) is 18.5 Å². The molecule has 2 atom stereocenters. The van der Waals surface area contributed by atoms with Crippen molar-refractivity contribution in [3.05, 3.63) is 70.3 Å². The molecule has 1 unspecified atom stereocenters. The smallest absolute Gasteiger partial charge is 0.255 e. The van der Waals surface area contributed by atoms with E-state index in [1.54, 1.807) is 13.0 Å². The van der Waals surface area contributed by atoms with Gasteiger partial charge in [-0.25, -0.2) is 8.78 Å². The highest BCUT2D eigenvalue weighted by Gasteiger charge is 2.39. The molecule has 6 nitrogen and oxygen atoms in total. The van der Waals surface area contributed by atoms with E-state index in [0.29, 0.717) is 17.5 Å². The fourth-order valence-corrected chi connectivity index (χ4v) is 4.14. The first-order valence-corrected chi connectivity index (χ1v) is 9.98. The number of amides is 2. The van der Waals surface area contributed by atoms with E-state index in [0.717, 1.165) is 12.1 Å². The molecule has 160 valence electrons. The lowest BCUT2D eigenvalue weighted by atomic mass is 9.92. The van der Waals surface area contributed by atoms with Crippen molar-refractivity contribution in [1.29, 1.82) is 0 Å². The minimum atomic E-state index is -0.751. The van der Waals surface area contributed by atoms with Crippen LogP contribution in [-0.2, 0) is 16.1 Å². The number of hydrogen-bond donors (Lipinski definition) is 1. The average molecular weight is 426 g/mol. The van der Waals surface area contributed by atoms with Crippen LogP contribution in [0.25, 0.3) is 0 Å². The Morgan fingerprint density at radius 3 is 2.61 bits per heavy atom. The Kier molecular flexibility index (Phi) is 5.39. The van der Waals surface area contributed by atoms with Gasteiger partial charge in [0.1, 0.15) is 17.4 Å². The molecule has 0 radical (unpaired) electrons. The Hall–Kier alpha value is -3.42. The van der Waals surface area contributed by atoms with E-state index >= 15 is 0 Å². The Bertz CT molecular complexity index is 1110. The van der Waals surface area contributed by atoms with Crippen LogP contribution >= 0.6 is 0 Å². The average Bonchev–Trinajstić information content (AvgIpc) is 3.03. The monoisotopic (exact) mass is 426 g/mol. The molecule has 31 heavy (non-hydrogen) atoms. The zero-order valence-electron chi connectivity index (χ0n) is 16.8. The minimum absolute atomic E-state index is 0.115. The first kappa shape index (κ1) is 20.8. The number of halogens is 2. The number of nitrogens with zero attached hydrogens (tertiary/aromatic N) is 1. The fraction of sp³-hybridized carbons (Fsp3) is 0.304. The van der Waals surface area contributed by atoms with Crippen LogP contribution in [0.3, 0.4) is 0 Å². The van der Waals surface area contributed by atoms with E-state index in [9.17, 15) is 28.0 Å². The Morgan fingerprint density at radius 1 is 1.13 bits per heavy atom. The molecule has 1 aliphatic carbocycles. The molecular weight excluding hydrogens is 406 g/mol. The number of fused-ring (bicyclic) bond motifs is 1. The van der Waals surface area contributed by atoms with Crippen molar-refractivity contribution < 1.29 is 28.0 Å². The quantitative estimate of drug-likeness (QED) is 0.762. The molecule has 1 heterocycles. The summed E-state index contributed by atoms with van der Waals surface area (Å²) in [6.45, 7) is 1.77. The lowest BCUT2D eigenvalue weighted by Crippen LogP contribution is -2.44. The summed E-state index contributed by atoms with van der Waals surface area (Å²) in [5.74, 6) is -2.59. The molecule has 0 bridgehead atoms. The molecule has 1 saturated carbocycles. The summed E-state index contributed by atoms with van der Waals surface area (Å²) >= 11 is 0. The van der Waals surface area contributed by atoms with Crippen LogP contribution in [0.1, 0.15) is 64.1 Å². The fourth-order valence-electron chi connectivity index (χ4n) is 4.14. The van der Waals surface area contributed by atoms with Crippen LogP contribution in [0, 0.1) is 11.6 Å². The second-order valence-corrected chi connectivity index (χ2v) is 7.90. The summed E-state index contributed by atoms with van der Waals surface area (Å²) in [4.78, 5) is 50.6. The van der Waals surface area contributed by atoms with Gasteiger partial charge in [0.25, 0.3) is 11.8 Å². The Labute approximate surface area is 177 Å². The first-order valence-electron chi connectivity index (χ1n) is 9.98. The number of ketones is 2. The number of rotatable bonds is 4. The minimum Gasteiger partial charge on any atom is -0.345 e. The Balaban J connectivity index is 1.49. The molecule has 0 aromatic heterocycles. The number of hydrogen-bond acceptors (Lipinski definition) is 4. The van der Waals surface area contributed by atoms with Gasteiger partial charge in [0.2, 0.25) is 0 Å². The van der Waals surface area contributed by atoms with Crippen molar-refractivity contribution in [2.75, 3.05) is 0 Å². The zero-order valence-corrected chi connectivity index (χ0v) is 16.8. The number of Topliss-reactive ketones (excluding diaryl/α,β-unsaturated/α-hetero) is 2. The number of nitrogens with one attached hydrogen (secondary N) is 1. The summed E-state index contributed by atoms with van der Waals surface area (Å²) in [5.41, 5.74) is 1.47. The van der Waals surface area contributed by atoms with Crippen LogP contribution in [0.2, 0.25) is 0 Å². The van der Waals surface area contributed by atoms with Gasteiger partial charge in [-0.15, -0.1) is 0 Å². The maximum atomic E-state index is 14.0. The lowest BCUT2D eigenvalue weighted by Gasteiger charge is -2.29. The second kappa shape index (κ2) is 8.02. The third-order valence-corrected chi connectivity index (χ3v) is 5.79. The molecule has 1 N–H and O–H groups in total. The summed E-state index contributed by atoms with van der Waals surface area (Å²) in [6.07, 6.45) is 0.420. The molecule has 2 aliphatic rings. The lowest BCUT2D eigenvalue weighted by molar-refractivity contribution is -0.133. The first-order chi connectivity index (χ1) is 14.7. The van der Waals surface area contributed by atoms with Crippen LogP contribution < -0.4 is 5.32 Å². The predicted octanol–water partition coefficient (Wildman–Crippen LogP) is 3.10. The molecule has 2 aromatic carbocycles. The Morgan fingerprint density at radius 2 is 1.90 bits per heavy atom. The van der Waals surface area contributed by atoms with Crippen molar-refractivity contribution in [2.45, 2.75) is 44.8 Å². The van der Waals surface area contributed by atoms with Crippen molar-refractivity contribution in [3.8, 4) is 0 Å². The normalized spacial score (nSPS) is 19.4. The highest BCUT2D eigenvalue weighted by molar-refractivity contribution is 6.08. The highest BCUT2D eigenvalue weighted by atomic mass is 19.1. The van der Waals surface area contributed by atoms with Gasteiger partial charge in [0, 0.05) is 35.7 Å². The van der Waals surface area contributed by atoms with Crippen LogP contribution in [0.4, 0.5) is 8.78 Å². The molecular formula is C23H20F2N2O4. The van der Waals surface area contributed by atoms with Gasteiger partial charge in [-0.05, 0) is 43.2 Å². The molecule has 8 heteroatoms. The second-order valence-electron chi connectivity index (χ2n) is 7.90. The van der Waals surface area contributed by atoms with Gasteiger partial charge in [-0.3, -0.25) is 19.2 Å². The van der Waals surface area contributed by atoms with E-state index in [1.165, 1.54) is 23.1 Å². The third kappa shape index (κ3) is 3.97. The van der Waals surface area contributed by atoms with Gasteiger partial charge in [0.15, 0.2) is 5.78 Å². The van der Waals surface area contributed by atoms with Crippen molar-refractivity contribution in [1.82, 2.24) is 10.2 Å². The third-order valence-electron chi connectivity index (χ3n) is 5.79. The number of carbonyl (C=O) groups excluding carboxylic acids is 4. The van der Waals surface area contributed by atoms with E-state index in [1.807, 2.05) is 0 Å². The van der Waals surface area contributed by atoms with E-state index in [4.69, 9.17) is 0 Å². The number of carbonyl (C=O) groups is 4. The maximum Gasteiger partial charge on any atom is 0.255 e. The van der Waals surface area contributed by atoms with Gasteiger partial charge in [-0.1, -0.05) is 6.07 Å². The topological polar surface area (TPSA) is 83.6 Å². The van der Waals surface area contributed by atoms with Crippen molar-refractivity contribution in [3.63, 3.8) is 0 Å². The van der Waals surface area contributed by atoms with Gasteiger partial charge < -0.3 is 10.2 Å². The maximum absolute atomic E-state index is 14.0.